The average molecular weight is 250 g/mol. The van der Waals surface area contributed by atoms with E-state index < -0.39 is 0 Å². The molecule has 0 amide bonds. The Morgan fingerprint density at radius 2 is 2.17 bits per heavy atom. The van der Waals surface area contributed by atoms with Gasteiger partial charge in [0.1, 0.15) is 11.3 Å². The molecule has 96 valence electrons. The van der Waals surface area contributed by atoms with Crippen LogP contribution in [0.5, 0.6) is 0 Å². The van der Waals surface area contributed by atoms with Crippen LogP contribution in [-0.2, 0) is 6.54 Å². The molecule has 0 bridgehead atoms. The maximum absolute atomic E-state index is 13.0. The first-order valence-electron chi connectivity index (χ1n) is 6.16. The molecule has 0 unspecified atom stereocenters. The number of piperidine rings is 1. The minimum Gasteiger partial charge on any atom is -0.439 e. The molecule has 1 aliphatic heterocycles. The molecule has 1 aromatic heterocycles. The number of fused-ring (bicyclic) bond motifs is 1. The number of hydrogen-bond acceptors (Lipinski definition) is 4. The van der Waals surface area contributed by atoms with Crippen molar-refractivity contribution >= 4 is 11.1 Å². The largest absolute Gasteiger partial charge is 0.439 e. The summed E-state index contributed by atoms with van der Waals surface area (Å²) >= 11 is 0. The molecule has 0 aliphatic carbocycles. The Labute approximate surface area is 104 Å². The number of aliphatic hydroxyl groups excluding tert-OH is 1. The van der Waals surface area contributed by atoms with Crippen molar-refractivity contribution in [2.24, 2.45) is 0 Å². The second kappa shape index (κ2) is 4.66. The van der Waals surface area contributed by atoms with Gasteiger partial charge in [-0.25, -0.2) is 9.37 Å². The lowest BCUT2D eigenvalue weighted by atomic mass is 10.1. The molecule has 2 heterocycles. The second-order valence-electron chi connectivity index (χ2n) is 4.73. The zero-order chi connectivity index (χ0) is 12.5. The summed E-state index contributed by atoms with van der Waals surface area (Å²) in [6.45, 7) is 2.30. The molecule has 1 saturated heterocycles. The highest BCUT2D eigenvalue weighted by atomic mass is 19.1. The maximum Gasteiger partial charge on any atom is 0.209 e. The van der Waals surface area contributed by atoms with E-state index in [1.165, 1.54) is 12.1 Å². The third kappa shape index (κ3) is 2.37. The Hall–Kier alpha value is -1.46. The predicted octanol–water partition coefficient (Wildman–Crippen LogP) is 1.92. The summed E-state index contributed by atoms with van der Waals surface area (Å²) in [7, 11) is 0. The fourth-order valence-electron chi connectivity index (χ4n) is 2.28. The number of halogens is 1. The van der Waals surface area contributed by atoms with Crippen molar-refractivity contribution in [3.05, 3.63) is 29.9 Å². The lowest BCUT2D eigenvalue weighted by Crippen LogP contribution is -2.35. The minimum absolute atomic E-state index is 0.182. The first-order valence-corrected chi connectivity index (χ1v) is 6.16. The summed E-state index contributed by atoms with van der Waals surface area (Å²) in [5.41, 5.74) is 1.17. The monoisotopic (exact) mass is 250 g/mol. The Balaban J connectivity index is 1.74. The van der Waals surface area contributed by atoms with Gasteiger partial charge in [-0.05, 0) is 25.0 Å². The van der Waals surface area contributed by atoms with Crippen LogP contribution in [0.25, 0.3) is 11.1 Å². The van der Waals surface area contributed by atoms with Crippen LogP contribution in [0.3, 0.4) is 0 Å². The summed E-state index contributed by atoms with van der Waals surface area (Å²) < 4.78 is 18.5. The zero-order valence-corrected chi connectivity index (χ0v) is 9.97. The number of likely N-dealkylation sites (tertiary alicyclic amines) is 1. The van der Waals surface area contributed by atoms with Crippen molar-refractivity contribution < 1.29 is 13.9 Å². The highest BCUT2D eigenvalue weighted by molar-refractivity contribution is 5.72. The highest BCUT2D eigenvalue weighted by Gasteiger charge is 2.18. The average Bonchev–Trinajstić information content (AvgIpc) is 2.73. The molecular formula is C13H15FN2O2. The van der Waals surface area contributed by atoms with Crippen LogP contribution in [-0.4, -0.2) is 34.2 Å². The summed E-state index contributed by atoms with van der Waals surface area (Å²) in [6.07, 6.45) is 1.39. The topological polar surface area (TPSA) is 49.5 Å². The maximum atomic E-state index is 13.0. The van der Waals surface area contributed by atoms with E-state index in [1.54, 1.807) is 6.07 Å². The number of oxazole rings is 1. The number of aromatic nitrogens is 1. The fourth-order valence-corrected chi connectivity index (χ4v) is 2.28. The van der Waals surface area contributed by atoms with Crippen molar-refractivity contribution in [2.45, 2.75) is 25.5 Å². The van der Waals surface area contributed by atoms with Crippen LogP contribution in [0.4, 0.5) is 4.39 Å². The molecule has 5 heteroatoms. The minimum atomic E-state index is -0.314. The zero-order valence-electron chi connectivity index (χ0n) is 9.97. The van der Waals surface area contributed by atoms with E-state index in [4.69, 9.17) is 4.42 Å². The molecule has 1 N–H and O–H groups in total. The third-order valence-corrected chi connectivity index (χ3v) is 3.31. The Bertz CT molecular complexity index is 547. The SMILES string of the molecule is OC1CCN(Cc2nc3ccc(F)cc3o2)CC1. The third-order valence-electron chi connectivity index (χ3n) is 3.31. The van der Waals surface area contributed by atoms with Crippen LogP contribution >= 0.6 is 0 Å². The van der Waals surface area contributed by atoms with Crippen molar-refractivity contribution in [1.29, 1.82) is 0 Å². The smallest absolute Gasteiger partial charge is 0.209 e. The van der Waals surface area contributed by atoms with Gasteiger partial charge in [0.05, 0.1) is 12.6 Å². The molecule has 1 aliphatic rings. The van der Waals surface area contributed by atoms with E-state index in [0.29, 0.717) is 23.5 Å². The number of rotatable bonds is 2. The van der Waals surface area contributed by atoms with Crippen molar-refractivity contribution in [3.8, 4) is 0 Å². The van der Waals surface area contributed by atoms with Gasteiger partial charge in [0.2, 0.25) is 5.89 Å². The summed E-state index contributed by atoms with van der Waals surface area (Å²) in [6, 6.07) is 4.36. The van der Waals surface area contributed by atoms with Gasteiger partial charge in [-0.15, -0.1) is 0 Å². The lowest BCUT2D eigenvalue weighted by molar-refractivity contribution is 0.0754. The Morgan fingerprint density at radius 3 is 2.94 bits per heavy atom. The standard InChI is InChI=1S/C13H15FN2O2/c14-9-1-2-11-12(7-9)18-13(15-11)8-16-5-3-10(17)4-6-16/h1-2,7,10,17H,3-6,8H2. The molecule has 4 nitrogen and oxygen atoms in total. The van der Waals surface area contributed by atoms with Gasteiger partial charge in [0.15, 0.2) is 5.58 Å². The van der Waals surface area contributed by atoms with Crippen molar-refractivity contribution in [3.63, 3.8) is 0 Å². The van der Waals surface area contributed by atoms with Gasteiger partial charge >= 0.3 is 0 Å². The molecule has 1 fully saturated rings. The van der Waals surface area contributed by atoms with E-state index in [2.05, 4.69) is 9.88 Å². The quantitative estimate of drug-likeness (QED) is 0.884. The number of benzene rings is 1. The fraction of sp³-hybridized carbons (Fsp3) is 0.462. The van der Waals surface area contributed by atoms with Gasteiger partial charge < -0.3 is 9.52 Å². The van der Waals surface area contributed by atoms with Crippen LogP contribution in [0, 0.1) is 5.82 Å². The molecule has 0 radical (unpaired) electrons. The molecule has 0 spiro atoms. The molecule has 3 rings (SSSR count). The molecule has 1 aromatic carbocycles. The van der Waals surface area contributed by atoms with Gasteiger partial charge in [0, 0.05) is 19.2 Å². The van der Waals surface area contributed by atoms with E-state index in [9.17, 15) is 9.50 Å². The molecular weight excluding hydrogens is 235 g/mol. The summed E-state index contributed by atoms with van der Waals surface area (Å²) in [4.78, 5) is 6.52. The number of hydrogen-bond donors (Lipinski definition) is 1. The van der Waals surface area contributed by atoms with Gasteiger partial charge in [-0.3, -0.25) is 4.90 Å². The first kappa shape index (κ1) is 11.6. The number of nitrogens with zero attached hydrogens (tertiary/aromatic N) is 2. The summed E-state index contributed by atoms with van der Waals surface area (Å²) in [5, 5.41) is 9.43. The van der Waals surface area contributed by atoms with E-state index >= 15 is 0 Å². The molecule has 18 heavy (non-hydrogen) atoms. The Morgan fingerprint density at radius 1 is 1.39 bits per heavy atom. The lowest BCUT2D eigenvalue weighted by Gasteiger charge is -2.28. The van der Waals surface area contributed by atoms with Gasteiger partial charge in [0.25, 0.3) is 0 Å². The predicted molar refractivity (Wildman–Crippen MR) is 64.5 cm³/mol. The van der Waals surface area contributed by atoms with Crippen molar-refractivity contribution in [2.75, 3.05) is 13.1 Å². The van der Waals surface area contributed by atoms with E-state index in [-0.39, 0.29) is 11.9 Å². The number of aliphatic hydroxyl groups is 1. The van der Waals surface area contributed by atoms with Crippen LogP contribution in [0.15, 0.2) is 22.6 Å². The van der Waals surface area contributed by atoms with Crippen LogP contribution in [0.2, 0.25) is 0 Å². The van der Waals surface area contributed by atoms with Crippen LogP contribution in [0.1, 0.15) is 18.7 Å². The molecule has 0 saturated carbocycles. The van der Waals surface area contributed by atoms with Crippen molar-refractivity contribution in [1.82, 2.24) is 9.88 Å². The first-order chi connectivity index (χ1) is 8.70. The highest BCUT2D eigenvalue weighted by Crippen LogP contribution is 2.19. The van der Waals surface area contributed by atoms with Gasteiger partial charge in [-0.1, -0.05) is 0 Å². The molecule has 0 atom stereocenters. The Kier molecular flexibility index (Phi) is 3.01. The van der Waals surface area contributed by atoms with E-state index in [0.717, 1.165) is 25.9 Å². The van der Waals surface area contributed by atoms with Crippen LogP contribution < -0.4 is 0 Å². The molecule has 2 aromatic rings. The summed E-state index contributed by atoms with van der Waals surface area (Å²) in [5.74, 6) is 0.290. The normalized spacial score (nSPS) is 18.6. The van der Waals surface area contributed by atoms with E-state index in [1.807, 2.05) is 0 Å². The second-order valence-corrected chi connectivity index (χ2v) is 4.73. The van der Waals surface area contributed by atoms with Gasteiger partial charge in [-0.2, -0.15) is 0 Å².